The van der Waals surface area contributed by atoms with Gasteiger partial charge in [-0.1, -0.05) is 320 Å². The summed E-state index contributed by atoms with van der Waals surface area (Å²) in [5, 5.41) is 9.77. The minimum Gasteiger partial charge on any atom is -0.477 e. The first kappa shape index (κ1) is 88.2. The molecule has 2 atom stereocenters. The van der Waals surface area contributed by atoms with E-state index in [1.54, 1.807) is 0 Å². The van der Waals surface area contributed by atoms with Crippen molar-refractivity contribution in [2.45, 2.75) is 322 Å². The highest BCUT2D eigenvalue weighted by Crippen LogP contribution is 2.17. The lowest BCUT2D eigenvalue weighted by molar-refractivity contribution is -0.870. The molecule has 0 bridgehead atoms. The number of rotatable bonds is 69. The highest BCUT2D eigenvalue weighted by molar-refractivity contribution is 5.71. The van der Waals surface area contributed by atoms with E-state index >= 15 is 0 Å². The van der Waals surface area contributed by atoms with Crippen molar-refractivity contribution in [3.05, 3.63) is 146 Å². The van der Waals surface area contributed by atoms with Crippen LogP contribution in [0.2, 0.25) is 0 Å². The molecule has 0 spiro atoms. The lowest BCUT2D eigenvalue weighted by Gasteiger charge is -2.25. The van der Waals surface area contributed by atoms with Gasteiger partial charge in [-0.25, -0.2) is 4.79 Å². The summed E-state index contributed by atoms with van der Waals surface area (Å²) in [5.41, 5.74) is 0. The summed E-state index contributed by atoms with van der Waals surface area (Å²) in [7, 11) is 5.98. The Hall–Kier alpha value is -4.83. The molecule has 530 valence electrons. The Kier molecular flexibility index (Phi) is 69.2. The standard InChI is InChI=1S/C84H141NO8/c1-6-8-10-12-14-16-18-20-22-24-26-28-30-32-34-36-37-38-39-40-41-42-43-44-45-47-49-51-53-55-57-59-61-63-65-67-69-71-73-75-82(87)93-80(79-92-84(83(88)89)90-77-76-85(3,4)5)78-91-81(86)74-72-70-68-66-64-62-60-58-56-54-52-50-48-46-35-33-31-29-27-25-23-21-19-17-15-13-11-9-7-2/h8,10,14,16,19-22,25-28,31-34,37-38,40-41,43-44,47,49,80,84H,6-7,9,11-13,15,17-18,23-24,29-30,35-36,39,42,45-46,48,50-79H2,1-5H3/p+1/b10-8-,16-14-,21-19-,22-20-,27-25-,28-26-,33-31-,34-32-,38-37-,41-40-,44-43-,49-47-. The predicted molar refractivity (Wildman–Crippen MR) is 400 cm³/mol. The van der Waals surface area contributed by atoms with E-state index in [1.165, 1.54) is 161 Å². The normalized spacial score (nSPS) is 13.5. The minimum atomic E-state index is -1.52. The van der Waals surface area contributed by atoms with Crippen LogP contribution in [-0.4, -0.2) is 87.4 Å². The van der Waals surface area contributed by atoms with Gasteiger partial charge in [0.1, 0.15) is 13.2 Å². The van der Waals surface area contributed by atoms with Crippen LogP contribution in [0.4, 0.5) is 0 Å². The third kappa shape index (κ3) is 74.4. The Morgan fingerprint density at radius 1 is 0.333 bits per heavy atom. The predicted octanol–water partition coefficient (Wildman–Crippen LogP) is 24.3. The number of allylic oxidation sites excluding steroid dienone is 24. The van der Waals surface area contributed by atoms with Gasteiger partial charge in [0, 0.05) is 12.8 Å². The van der Waals surface area contributed by atoms with Gasteiger partial charge in [0.25, 0.3) is 6.29 Å². The number of aliphatic carboxylic acids is 1. The average Bonchev–Trinajstić information content (AvgIpc) is 3.38. The van der Waals surface area contributed by atoms with Crippen molar-refractivity contribution in [3.8, 4) is 0 Å². The highest BCUT2D eigenvalue weighted by Gasteiger charge is 2.25. The van der Waals surface area contributed by atoms with Gasteiger partial charge in [-0.3, -0.25) is 9.59 Å². The van der Waals surface area contributed by atoms with E-state index < -0.39 is 24.3 Å². The summed E-state index contributed by atoms with van der Waals surface area (Å²) < 4.78 is 23.0. The number of ether oxygens (including phenoxy) is 4. The van der Waals surface area contributed by atoms with Crippen molar-refractivity contribution in [3.63, 3.8) is 0 Å². The van der Waals surface area contributed by atoms with Gasteiger partial charge in [0.15, 0.2) is 6.10 Å². The average molecular weight is 1290 g/mol. The maximum Gasteiger partial charge on any atom is 0.361 e. The molecule has 0 fully saturated rings. The third-order valence-corrected chi connectivity index (χ3v) is 16.1. The molecule has 0 aliphatic heterocycles. The van der Waals surface area contributed by atoms with Crippen LogP contribution in [0.15, 0.2) is 146 Å². The van der Waals surface area contributed by atoms with Crippen molar-refractivity contribution >= 4 is 17.9 Å². The number of unbranched alkanes of at least 4 members (excludes halogenated alkanes) is 30. The summed E-state index contributed by atoms with van der Waals surface area (Å²) in [6, 6.07) is 0. The van der Waals surface area contributed by atoms with Crippen LogP contribution in [-0.2, 0) is 33.3 Å². The van der Waals surface area contributed by atoms with Gasteiger partial charge < -0.3 is 28.5 Å². The number of likely N-dealkylation sites (N-methyl/N-ethyl adjacent to an activating group) is 1. The summed E-state index contributed by atoms with van der Waals surface area (Å²) >= 11 is 0. The first-order valence-corrected chi connectivity index (χ1v) is 38.0. The lowest BCUT2D eigenvalue weighted by Crippen LogP contribution is -2.40. The van der Waals surface area contributed by atoms with Gasteiger partial charge in [0.05, 0.1) is 34.4 Å². The maximum atomic E-state index is 13.0. The van der Waals surface area contributed by atoms with E-state index in [0.717, 1.165) is 116 Å². The second-order valence-corrected chi connectivity index (χ2v) is 26.2. The molecule has 0 radical (unpaired) electrons. The molecule has 0 amide bonds. The van der Waals surface area contributed by atoms with Crippen LogP contribution in [0.1, 0.15) is 309 Å². The Morgan fingerprint density at radius 3 is 0.914 bits per heavy atom. The summed E-state index contributed by atoms with van der Waals surface area (Å²) in [4.78, 5) is 37.7. The maximum absolute atomic E-state index is 13.0. The molecule has 0 heterocycles. The van der Waals surface area contributed by atoms with Crippen molar-refractivity contribution in [1.29, 1.82) is 0 Å². The van der Waals surface area contributed by atoms with Crippen LogP contribution in [0, 0.1) is 0 Å². The van der Waals surface area contributed by atoms with Gasteiger partial charge in [0.2, 0.25) is 0 Å². The van der Waals surface area contributed by atoms with Crippen LogP contribution < -0.4 is 0 Å². The zero-order chi connectivity index (χ0) is 67.5. The fraction of sp³-hybridized carbons (Fsp3) is 0.679. The number of carboxylic acid groups (broad SMARTS) is 1. The van der Waals surface area contributed by atoms with Crippen molar-refractivity contribution in [2.75, 3.05) is 47.5 Å². The third-order valence-electron chi connectivity index (χ3n) is 16.1. The smallest absolute Gasteiger partial charge is 0.361 e. The van der Waals surface area contributed by atoms with E-state index in [1.807, 2.05) is 21.1 Å². The second kappa shape index (κ2) is 73.0. The number of carbonyl (C=O) groups is 3. The molecule has 0 saturated carbocycles. The lowest BCUT2D eigenvalue weighted by atomic mass is 10.0. The van der Waals surface area contributed by atoms with E-state index in [9.17, 15) is 19.5 Å². The minimum absolute atomic E-state index is 0.181. The molecule has 0 rings (SSSR count). The molecule has 2 unspecified atom stereocenters. The molecule has 9 heteroatoms. The van der Waals surface area contributed by atoms with E-state index in [0.29, 0.717) is 23.9 Å². The fourth-order valence-corrected chi connectivity index (χ4v) is 10.3. The fourth-order valence-electron chi connectivity index (χ4n) is 10.3. The van der Waals surface area contributed by atoms with Crippen molar-refractivity contribution in [1.82, 2.24) is 0 Å². The van der Waals surface area contributed by atoms with Crippen LogP contribution in [0.3, 0.4) is 0 Å². The SMILES string of the molecule is CC/C=C\C/C=C\C/C=C\C/C=C\C/C=C\C/C=C\C/C=C\C/C=C\C/C=C\CCCCCCCCCCCCCC(=O)OC(COC(=O)CCCCCCCCCCCCCCCC/C=C\C/C=C\C/C=C\CCCCCCC)COC(OCC[N+](C)(C)C)C(=O)O. The monoisotopic (exact) mass is 1290 g/mol. The molecule has 0 saturated heterocycles. The zero-order valence-corrected chi connectivity index (χ0v) is 60.6. The first-order valence-electron chi connectivity index (χ1n) is 38.0. The second-order valence-electron chi connectivity index (χ2n) is 26.2. The molecule has 0 aromatic rings. The quantitative estimate of drug-likeness (QED) is 0.0211. The number of carbonyl (C=O) groups excluding carboxylic acids is 2. The molecule has 0 aliphatic carbocycles. The Bertz CT molecular complexity index is 2040. The number of esters is 2. The topological polar surface area (TPSA) is 108 Å². The first-order chi connectivity index (χ1) is 45.6. The van der Waals surface area contributed by atoms with E-state index in [2.05, 4.69) is 160 Å². The Morgan fingerprint density at radius 2 is 0.613 bits per heavy atom. The van der Waals surface area contributed by atoms with Gasteiger partial charge >= 0.3 is 17.9 Å². The zero-order valence-electron chi connectivity index (χ0n) is 60.6. The molecule has 0 aliphatic rings. The van der Waals surface area contributed by atoms with Crippen molar-refractivity contribution < 1.29 is 42.9 Å². The van der Waals surface area contributed by atoms with Crippen LogP contribution >= 0.6 is 0 Å². The molecule has 0 aromatic carbocycles. The van der Waals surface area contributed by atoms with Crippen LogP contribution in [0.5, 0.6) is 0 Å². The molecule has 0 aromatic heterocycles. The highest BCUT2D eigenvalue weighted by atomic mass is 16.7. The largest absolute Gasteiger partial charge is 0.477 e. The molecular formula is C84H142NO8+. The Labute approximate surface area is 572 Å². The van der Waals surface area contributed by atoms with Gasteiger partial charge in [-0.05, 0) is 122 Å². The molecule has 93 heavy (non-hydrogen) atoms. The van der Waals surface area contributed by atoms with Gasteiger partial charge in [-0.15, -0.1) is 0 Å². The molecule has 1 N–H and O–H groups in total. The number of quaternary nitrogens is 1. The summed E-state index contributed by atoms with van der Waals surface area (Å²) in [6.45, 7) is 4.76. The number of hydrogen-bond donors (Lipinski definition) is 1. The summed E-state index contributed by atoms with van der Waals surface area (Å²) in [5.74, 6) is -2.01. The van der Waals surface area contributed by atoms with E-state index in [4.69, 9.17) is 18.9 Å². The van der Waals surface area contributed by atoms with E-state index in [-0.39, 0.29) is 32.2 Å². The number of carboxylic acids is 1. The van der Waals surface area contributed by atoms with Crippen molar-refractivity contribution in [2.24, 2.45) is 0 Å². The van der Waals surface area contributed by atoms with Crippen LogP contribution in [0.25, 0.3) is 0 Å². The van der Waals surface area contributed by atoms with Gasteiger partial charge in [-0.2, -0.15) is 0 Å². The number of hydrogen-bond acceptors (Lipinski definition) is 7. The molecular weight excluding hydrogens is 1150 g/mol. The summed E-state index contributed by atoms with van der Waals surface area (Å²) in [6.07, 6.45) is 104. The number of nitrogens with zero attached hydrogens (tertiary/aromatic N) is 1. The Balaban J connectivity index is 4.12. The molecule has 9 nitrogen and oxygen atoms in total.